The first-order chi connectivity index (χ1) is 7.81. The van der Waals surface area contributed by atoms with Gasteiger partial charge in [0.25, 0.3) is 0 Å². The van der Waals surface area contributed by atoms with Crippen LogP contribution in [0, 0.1) is 0 Å². The van der Waals surface area contributed by atoms with Gasteiger partial charge in [-0.3, -0.25) is 0 Å². The molecule has 0 aliphatic heterocycles. The summed E-state index contributed by atoms with van der Waals surface area (Å²) in [4.78, 5) is 2.38. The van der Waals surface area contributed by atoms with Crippen molar-refractivity contribution >= 4 is 16.2 Å². The summed E-state index contributed by atoms with van der Waals surface area (Å²) in [5, 5.41) is 0. The van der Waals surface area contributed by atoms with E-state index < -0.39 is 16.2 Å². The molecule has 1 nitrogen and oxygen atoms in total. The van der Waals surface area contributed by atoms with Crippen molar-refractivity contribution in [3.63, 3.8) is 0 Å². The van der Waals surface area contributed by atoms with Crippen LogP contribution in [0.4, 0.5) is 0 Å². The van der Waals surface area contributed by atoms with Crippen LogP contribution in [0.1, 0.15) is 62.3 Å². The summed E-state index contributed by atoms with van der Waals surface area (Å²) in [6.45, 7) is 24.6. The van der Waals surface area contributed by atoms with Gasteiger partial charge in [0.1, 0.15) is 0 Å². The summed E-state index contributed by atoms with van der Waals surface area (Å²) in [5.74, 6) is 0. The van der Waals surface area contributed by atoms with E-state index in [1.165, 1.54) is 19.6 Å². The predicted molar refractivity (Wildman–Crippen MR) is 84.5 cm³/mol. The van der Waals surface area contributed by atoms with Gasteiger partial charge in [-0.25, -0.2) is 0 Å². The van der Waals surface area contributed by atoms with Gasteiger partial charge in [0.15, 0.2) is 0 Å². The minimum absolute atomic E-state index is 0.924. The second-order valence-electron chi connectivity index (χ2n) is 5.93. The first kappa shape index (κ1) is 19.9. The Kier molecular flexibility index (Phi) is 13.7. The Morgan fingerprint density at radius 2 is 0.882 bits per heavy atom. The van der Waals surface area contributed by atoms with Crippen LogP contribution in [0.5, 0.6) is 0 Å². The van der Waals surface area contributed by atoms with Gasteiger partial charge in [0.05, 0.1) is 0 Å². The summed E-state index contributed by atoms with van der Waals surface area (Å²) in [5.41, 5.74) is 0. The molecular weight excluding hydrogens is 264 g/mol. The van der Waals surface area contributed by atoms with Crippen LogP contribution in [0.3, 0.4) is 0 Å². The van der Waals surface area contributed by atoms with E-state index in [9.17, 15) is 0 Å². The van der Waals surface area contributed by atoms with E-state index in [1.807, 2.05) is 0 Å². The first-order valence-corrected chi connectivity index (χ1v) is 11.7. The van der Waals surface area contributed by atoms with Gasteiger partial charge in [-0.15, -0.1) is 0 Å². The molecule has 0 N–H and O–H groups in total. The van der Waals surface area contributed by atoms with Crippen LogP contribution in [-0.2, 0) is 0 Å². The molecule has 0 bridgehead atoms. The average molecular weight is 300 g/mol. The van der Waals surface area contributed by atoms with Crippen LogP contribution in [-0.4, -0.2) is 40.8 Å². The van der Waals surface area contributed by atoms with E-state index in [0.717, 1.165) is 13.4 Å². The Bertz CT molecular complexity index is 126. The van der Waals surface area contributed by atoms with Crippen LogP contribution in [0.15, 0.2) is 0 Å². The van der Waals surface area contributed by atoms with Gasteiger partial charge in [-0.2, -0.15) is 0 Å². The fraction of sp³-hybridized carbons (Fsp3) is 1.00. The molecule has 0 aromatic carbocycles. The Balaban J connectivity index is 0. The molecule has 0 spiro atoms. The average Bonchev–Trinajstić information content (AvgIpc) is 2.19. The molecule has 0 radical (unpaired) electrons. The summed E-state index contributed by atoms with van der Waals surface area (Å²) >= 11 is -0.924. The molecule has 0 aromatic rings. The topological polar surface area (TPSA) is 3.24 Å². The Morgan fingerprint density at radius 3 is 0.882 bits per heavy atom. The number of nitrogens with zero attached hydrogens (tertiary/aromatic N) is 1. The molecule has 0 unspecified atom stereocenters. The zero-order chi connectivity index (χ0) is 14.0. The molecule has 2 heteroatoms. The van der Waals surface area contributed by atoms with Crippen molar-refractivity contribution in [1.29, 1.82) is 0 Å². The van der Waals surface area contributed by atoms with Crippen molar-refractivity contribution in [3.05, 3.63) is 0 Å². The summed E-state index contributed by atoms with van der Waals surface area (Å²) in [6.07, 6.45) is 0. The van der Waals surface area contributed by atoms with Gasteiger partial charge in [-0.05, 0) is 19.6 Å². The molecule has 0 heterocycles. The molecule has 0 aliphatic rings. The van der Waals surface area contributed by atoms with Gasteiger partial charge in [0, 0.05) is 0 Å². The van der Waals surface area contributed by atoms with E-state index in [-0.39, 0.29) is 0 Å². The molecular formula is C15H36GaN. The molecule has 0 rings (SSSR count). The van der Waals surface area contributed by atoms with Crippen molar-refractivity contribution in [1.82, 2.24) is 4.90 Å². The molecule has 0 fully saturated rings. The third kappa shape index (κ3) is 10.2. The molecule has 0 aromatic heterocycles. The number of rotatable bonds is 6. The molecule has 0 saturated heterocycles. The van der Waals surface area contributed by atoms with Gasteiger partial charge in [-0.1, -0.05) is 20.8 Å². The summed E-state index contributed by atoms with van der Waals surface area (Å²) < 4.78 is 3.06. The summed E-state index contributed by atoms with van der Waals surface area (Å²) in [7, 11) is 0. The standard InChI is InChI=1S/C6H15N.3C3H7.Ga/c1-4-7(5-2)6-3;3*1-3-2;/h4-6H2,1-3H3;3*3H,1-2H3;. The molecule has 0 amide bonds. The SMILES string of the molecule is CCN(CC)CC.C[CH](C)[Ga]([CH](C)C)[CH](C)C. The second-order valence-corrected chi connectivity index (χ2v) is 16.7. The maximum atomic E-state index is 2.41. The Morgan fingerprint density at radius 1 is 0.647 bits per heavy atom. The zero-order valence-corrected chi connectivity index (χ0v) is 16.3. The van der Waals surface area contributed by atoms with E-state index >= 15 is 0 Å². The Labute approximate surface area is 116 Å². The zero-order valence-electron chi connectivity index (χ0n) is 13.9. The van der Waals surface area contributed by atoms with Crippen molar-refractivity contribution in [2.45, 2.75) is 75.7 Å². The minimum atomic E-state index is -0.924. The van der Waals surface area contributed by atoms with Gasteiger partial charge < -0.3 is 4.90 Å². The van der Waals surface area contributed by atoms with E-state index in [4.69, 9.17) is 0 Å². The predicted octanol–water partition coefficient (Wildman–Crippen LogP) is 5.06. The van der Waals surface area contributed by atoms with E-state index in [2.05, 4.69) is 67.2 Å². The van der Waals surface area contributed by atoms with Crippen LogP contribution >= 0.6 is 0 Å². The summed E-state index contributed by atoms with van der Waals surface area (Å²) in [6, 6.07) is 0. The number of hydrogen-bond donors (Lipinski definition) is 0. The third-order valence-electron chi connectivity index (χ3n) is 3.65. The molecule has 0 atom stereocenters. The maximum absolute atomic E-state index is 2.41. The fourth-order valence-electron chi connectivity index (χ4n) is 2.98. The number of hydrogen-bond acceptors (Lipinski definition) is 1. The van der Waals surface area contributed by atoms with Crippen LogP contribution in [0.2, 0.25) is 13.4 Å². The van der Waals surface area contributed by atoms with E-state index in [1.54, 1.807) is 0 Å². The second kappa shape index (κ2) is 11.7. The van der Waals surface area contributed by atoms with Gasteiger partial charge >= 0.3 is 71.2 Å². The normalized spacial score (nSPS) is 11.1. The molecule has 104 valence electrons. The quantitative estimate of drug-likeness (QED) is 0.620. The van der Waals surface area contributed by atoms with Crippen molar-refractivity contribution in [3.8, 4) is 0 Å². The molecule has 0 aliphatic carbocycles. The monoisotopic (exact) mass is 299 g/mol. The van der Waals surface area contributed by atoms with Crippen molar-refractivity contribution in [2.24, 2.45) is 0 Å². The third-order valence-corrected chi connectivity index (χ3v) is 13.3. The first-order valence-electron chi connectivity index (χ1n) is 7.53. The van der Waals surface area contributed by atoms with Gasteiger partial charge in [0.2, 0.25) is 0 Å². The fourth-order valence-corrected chi connectivity index (χ4v) is 12.7. The Hall–Kier alpha value is 0.596. The molecule has 0 saturated carbocycles. The van der Waals surface area contributed by atoms with Crippen LogP contribution < -0.4 is 0 Å². The molecule has 17 heavy (non-hydrogen) atoms. The van der Waals surface area contributed by atoms with E-state index in [0.29, 0.717) is 0 Å². The van der Waals surface area contributed by atoms with Crippen LogP contribution in [0.25, 0.3) is 0 Å². The van der Waals surface area contributed by atoms with Crippen molar-refractivity contribution in [2.75, 3.05) is 19.6 Å². The van der Waals surface area contributed by atoms with Crippen molar-refractivity contribution < 1.29 is 0 Å².